The minimum atomic E-state index is -0.427. The third-order valence-electron chi connectivity index (χ3n) is 3.12. The van der Waals surface area contributed by atoms with Crippen LogP contribution in [0.3, 0.4) is 0 Å². The van der Waals surface area contributed by atoms with E-state index in [1.165, 1.54) is 6.20 Å². The lowest BCUT2D eigenvalue weighted by molar-refractivity contribution is -0.115. The minimum absolute atomic E-state index is 0.0601. The van der Waals surface area contributed by atoms with Crippen LogP contribution in [0.25, 0.3) is 0 Å². The summed E-state index contributed by atoms with van der Waals surface area (Å²) in [6, 6.07) is 10.2. The average Bonchev–Trinajstić information content (AvgIpc) is 2.56. The molecule has 6 nitrogen and oxygen atoms in total. The van der Waals surface area contributed by atoms with Crippen molar-refractivity contribution in [2.45, 2.75) is 20.3 Å². The lowest BCUT2D eigenvalue weighted by Gasteiger charge is -2.08. The van der Waals surface area contributed by atoms with E-state index in [2.05, 4.69) is 20.8 Å². The zero-order valence-corrected chi connectivity index (χ0v) is 14.1. The van der Waals surface area contributed by atoms with Crippen LogP contribution >= 0.6 is 11.6 Å². The molecule has 24 heavy (non-hydrogen) atoms. The van der Waals surface area contributed by atoms with Gasteiger partial charge in [0.1, 0.15) is 5.69 Å². The molecule has 0 unspecified atom stereocenters. The fraction of sp³-hybridized carbons (Fsp3) is 0.176. The predicted octanol–water partition coefficient (Wildman–Crippen LogP) is 3.18. The maximum absolute atomic E-state index is 12.0. The molecule has 1 heterocycles. The molecule has 1 aromatic carbocycles. The zero-order chi connectivity index (χ0) is 17.5. The van der Waals surface area contributed by atoms with Gasteiger partial charge >= 0.3 is 0 Å². The monoisotopic (exact) mass is 344 g/mol. The number of nitrogens with one attached hydrogen (secondary N) is 2. The van der Waals surface area contributed by atoms with Gasteiger partial charge in [0.2, 0.25) is 5.91 Å². The number of benzene rings is 1. The number of amides is 2. The summed E-state index contributed by atoms with van der Waals surface area (Å²) in [5.74, 6) is -0.655. The number of hydrogen-bond acceptors (Lipinski definition) is 4. The number of halogens is 1. The van der Waals surface area contributed by atoms with Crippen molar-refractivity contribution in [2.75, 3.05) is 5.32 Å². The molecule has 2 rings (SSSR count). The highest BCUT2D eigenvalue weighted by Gasteiger charge is 2.08. The van der Waals surface area contributed by atoms with Crippen molar-refractivity contribution in [3.05, 3.63) is 58.9 Å². The predicted molar refractivity (Wildman–Crippen MR) is 94.2 cm³/mol. The summed E-state index contributed by atoms with van der Waals surface area (Å²) in [6.45, 7) is 3.52. The Hall–Kier alpha value is -2.73. The van der Waals surface area contributed by atoms with Gasteiger partial charge in [0, 0.05) is 22.6 Å². The lowest BCUT2D eigenvalue weighted by atomic mass is 10.2. The van der Waals surface area contributed by atoms with Crippen LogP contribution < -0.4 is 10.7 Å². The van der Waals surface area contributed by atoms with Gasteiger partial charge in [-0.2, -0.15) is 5.10 Å². The van der Waals surface area contributed by atoms with Gasteiger partial charge in [-0.05, 0) is 49.7 Å². The molecule has 0 saturated heterocycles. The SMILES string of the molecule is CC(CC(=O)Nc1ccc(Cl)cc1C)=NNC(=O)c1ccccn1. The lowest BCUT2D eigenvalue weighted by Crippen LogP contribution is -2.22. The largest absolute Gasteiger partial charge is 0.326 e. The van der Waals surface area contributed by atoms with E-state index in [1.54, 1.807) is 43.3 Å². The second kappa shape index (κ2) is 8.21. The number of carbonyl (C=O) groups excluding carboxylic acids is 2. The van der Waals surface area contributed by atoms with Crippen molar-refractivity contribution in [1.29, 1.82) is 0 Å². The number of hydrazone groups is 1. The number of aromatic nitrogens is 1. The van der Waals surface area contributed by atoms with Gasteiger partial charge < -0.3 is 5.32 Å². The van der Waals surface area contributed by atoms with E-state index in [0.717, 1.165) is 5.56 Å². The molecule has 2 aromatic rings. The molecular weight excluding hydrogens is 328 g/mol. The number of pyridine rings is 1. The van der Waals surface area contributed by atoms with Crippen molar-refractivity contribution in [3.8, 4) is 0 Å². The molecule has 1 aromatic heterocycles. The molecule has 2 amide bonds. The number of carbonyl (C=O) groups is 2. The van der Waals surface area contributed by atoms with E-state index >= 15 is 0 Å². The van der Waals surface area contributed by atoms with E-state index in [4.69, 9.17) is 11.6 Å². The maximum atomic E-state index is 12.0. The first-order valence-corrected chi connectivity index (χ1v) is 7.64. The molecule has 2 N–H and O–H groups in total. The number of aryl methyl sites for hydroxylation is 1. The van der Waals surface area contributed by atoms with Crippen molar-refractivity contribution in [1.82, 2.24) is 10.4 Å². The summed E-state index contributed by atoms with van der Waals surface area (Å²) in [4.78, 5) is 27.8. The van der Waals surface area contributed by atoms with Crippen molar-refractivity contribution in [3.63, 3.8) is 0 Å². The summed E-state index contributed by atoms with van der Waals surface area (Å²) in [5, 5.41) is 7.31. The average molecular weight is 345 g/mol. The van der Waals surface area contributed by atoms with Crippen LogP contribution in [0.2, 0.25) is 5.02 Å². The van der Waals surface area contributed by atoms with Gasteiger partial charge in [-0.1, -0.05) is 17.7 Å². The normalized spacial score (nSPS) is 11.0. The van der Waals surface area contributed by atoms with Crippen LogP contribution in [0.1, 0.15) is 29.4 Å². The first-order valence-electron chi connectivity index (χ1n) is 7.26. The molecule has 0 saturated carbocycles. The van der Waals surface area contributed by atoms with Crippen LogP contribution in [-0.4, -0.2) is 22.5 Å². The van der Waals surface area contributed by atoms with Gasteiger partial charge in [0.05, 0.1) is 6.42 Å². The molecule has 0 radical (unpaired) electrons. The van der Waals surface area contributed by atoms with Crippen LogP contribution in [-0.2, 0) is 4.79 Å². The fourth-order valence-corrected chi connectivity index (χ4v) is 2.16. The summed E-state index contributed by atoms with van der Waals surface area (Å²) < 4.78 is 0. The number of nitrogens with zero attached hydrogens (tertiary/aromatic N) is 2. The van der Waals surface area contributed by atoms with Gasteiger partial charge in [-0.3, -0.25) is 14.6 Å². The van der Waals surface area contributed by atoms with Crippen LogP contribution in [0.5, 0.6) is 0 Å². The molecule has 0 bridgehead atoms. The Kier molecular flexibility index (Phi) is 6.03. The Morgan fingerprint density at radius 2 is 2.04 bits per heavy atom. The second-order valence-corrected chi connectivity index (χ2v) is 5.62. The molecule has 0 aliphatic rings. The Balaban J connectivity index is 1.90. The Morgan fingerprint density at radius 3 is 2.71 bits per heavy atom. The number of hydrogen-bond donors (Lipinski definition) is 2. The van der Waals surface area contributed by atoms with E-state index in [1.807, 2.05) is 6.92 Å². The summed E-state index contributed by atoms with van der Waals surface area (Å²) in [5.41, 5.74) is 4.67. The third-order valence-corrected chi connectivity index (χ3v) is 3.36. The van der Waals surface area contributed by atoms with Gasteiger partial charge in [0.15, 0.2) is 0 Å². The van der Waals surface area contributed by atoms with Crippen molar-refractivity contribution < 1.29 is 9.59 Å². The highest BCUT2D eigenvalue weighted by atomic mass is 35.5. The van der Waals surface area contributed by atoms with E-state index in [-0.39, 0.29) is 18.0 Å². The smallest absolute Gasteiger partial charge is 0.289 e. The molecule has 7 heteroatoms. The maximum Gasteiger partial charge on any atom is 0.289 e. The zero-order valence-electron chi connectivity index (χ0n) is 13.3. The Morgan fingerprint density at radius 1 is 1.25 bits per heavy atom. The first-order chi connectivity index (χ1) is 11.5. The van der Waals surface area contributed by atoms with Crippen molar-refractivity contribution >= 4 is 34.8 Å². The standard InChI is InChI=1S/C17H17ClN4O2/c1-11-9-13(18)6-7-14(11)20-16(23)10-12(2)21-22-17(24)15-5-3-4-8-19-15/h3-9H,10H2,1-2H3,(H,20,23)(H,22,24). The first kappa shape index (κ1) is 17.6. The van der Waals surface area contributed by atoms with E-state index in [9.17, 15) is 9.59 Å². The highest BCUT2D eigenvalue weighted by molar-refractivity contribution is 6.30. The highest BCUT2D eigenvalue weighted by Crippen LogP contribution is 2.19. The quantitative estimate of drug-likeness (QED) is 0.645. The van der Waals surface area contributed by atoms with Gasteiger partial charge in [-0.25, -0.2) is 5.43 Å². The summed E-state index contributed by atoms with van der Waals surface area (Å²) in [6.07, 6.45) is 1.58. The number of anilines is 1. The van der Waals surface area contributed by atoms with Crippen LogP contribution in [0.4, 0.5) is 5.69 Å². The molecule has 0 atom stereocenters. The minimum Gasteiger partial charge on any atom is -0.326 e. The van der Waals surface area contributed by atoms with E-state index < -0.39 is 5.91 Å². The Bertz CT molecular complexity index is 775. The second-order valence-electron chi connectivity index (χ2n) is 5.19. The summed E-state index contributed by atoms with van der Waals surface area (Å²) in [7, 11) is 0. The van der Waals surface area contributed by atoms with Crippen LogP contribution in [0, 0.1) is 6.92 Å². The van der Waals surface area contributed by atoms with Gasteiger partial charge in [0.25, 0.3) is 5.91 Å². The third kappa shape index (κ3) is 5.17. The van der Waals surface area contributed by atoms with Crippen LogP contribution in [0.15, 0.2) is 47.7 Å². The fourth-order valence-electron chi connectivity index (χ4n) is 1.93. The molecule has 0 aliphatic heterocycles. The molecule has 0 fully saturated rings. The molecule has 0 aliphatic carbocycles. The molecular formula is C17H17ClN4O2. The molecule has 0 spiro atoms. The van der Waals surface area contributed by atoms with Crippen molar-refractivity contribution in [2.24, 2.45) is 5.10 Å². The topological polar surface area (TPSA) is 83.5 Å². The number of rotatable bonds is 5. The Labute approximate surface area is 144 Å². The van der Waals surface area contributed by atoms with Gasteiger partial charge in [-0.15, -0.1) is 0 Å². The molecule has 124 valence electrons. The summed E-state index contributed by atoms with van der Waals surface area (Å²) >= 11 is 5.88. The van der Waals surface area contributed by atoms with E-state index in [0.29, 0.717) is 16.4 Å².